The molecular weight excluding hydrogens is 256 g/mol. The van der Waals surface area contributed by atoms with Gasteiger partial charge in [-0.15, -0.1) is 0 Å². The van der Waals surface area contributed by atoms with Crippen LogP contribution in [0.5, 0.6) is 0 Å². The lowest BCUT2D eigenvalue weighted by Crippen LogP contribution is -2.12. The average molecular weight is 264 g/mol. The molecule has 0 spiro atoms. The molecule has 75 valence electrons. The van der Waals surface area contributed by atoms with Gasteiger partial charge in [0.1, 0.15) is 5.69 Å². The summed E-state index contributed by atoms with van der Waals surface area (Å²) in [6, 6.07) is 8.26. The van der Waals surface area contributed by atoms with Crippen LogP contribution in [0.15, 0.2) is 22.7 Å². The highest BCUT2D eigenvalue weighted by Crippen LogP contribution is 2.25. The minimum absolute atomic E-state index is 0.259. The molecule has 0 bridgehead atoms. The van der Waals surface area contributed by atoms with Gasteiger partial charge in [0.15, 0.2) is 0 Å². The summed E-state index contributed by atoms with van der Waals surface area (Å²) in [7, 11) is 0. The van der Waals surface area contributed by atoms with Crippen LogP contribution < -0.4 is 5.73 Å². The SMILES string of the molecule is Cc1c[c]c2nc(C(N)=O)ccc2c1Br. The Morgan fingerprint density at radius 3 is 2.93 bits per heavy atom. The number of hydrogen-bond acceptors (Lipinski definition) is 2. The molecule has 2 rings (SSSR count). The maximum absolute atomic E-state index is 10.9. The van der Waals surface area contributed by atoms with Gasteiger partial charge in [-0.05, 0) is 46.6 Å². The number of hydrogen-bond donors (Lipinski definition) is 1. The molecule has 2 aromatic rings. The number of aromatic nitrogens is 1. The molecule has 15 heavy (non-hydrogen) atoms. The lowest BCUT2D eigenvalue weighted by molar-refractivity contribution is 0.0996. The first-order valence-corrected chi connectivity index (χ1v) is 5.16. The third-order valence-corrected chi connectivity index (χ3v) is 3.21. The predicted molar refractivity (Wildman–Crippen MR) is 61.5 cm³/mol. The summed E-state index contributed by atoms with van der Waals surface area (Å²) in [6.07, 6.45) is 0. The highest BCUT2D eigenvalue weighted by atomic mass is 79.9. The molecule has 2 N–H and O–H groups in total. The van der Waals surface area contributed by atoms with Crippen LogP contribution in [0.1, 0.15) is 16.1 Å². The van der Waals surface area contributed by atoms with Crippen molar-refractivity contribution >= 4 is 32.7 Å². The molecule has 0 aliphatic heterocycles. The molecule has 3 nitrogen and oxygen atoms in total. The summed E-state index contributed by atoms with van der Waals surface area (Å²) in [4.78, 5) is 15.0. The van der Waals surface area contributed by atoms with Crippen molar-refractivity contribution < 1.29 is 4.79 Å². The first kappa shape index (κ1) is 10.1. The van der Waals surface area contributed by atoms with Crippen molar-refractivity contribution in [1.82, 2.24) is 4.98 Å². The van der Waals surface area contributed by atoms with Crippen LogP contribution in [0.4, 0.5) is 0 Å². The van der Waals surface area contributed by atoms with Crippen LogP contribution in [0, 0.1) is 13.0 Å². The van der Waals surface area contributed by atoms with E-state index in [9.17, 15) is 4.79 Å². The summed E-state index contributed by atoms with van der Waals surface area (Å²) in [6.45, 7) is 1.97. The number of primary amides is 1. The Hall–Kier alpha value is -1.42. The van der Waals surface area contributed by atoms with Crippen LogP contribution in [0.25, 0.3) is 10.9 Å². The smallest absolute Gasteiger partial charge is 0.267 e. The third kappa shape index (κ3) is 1.72. The second-order valence-electron chi connectivity index (χ2n) is 3.24. The number of rotatable bonds is 1. The molecule has 1 aromatic carbocycles. The van der Waals surface area contributed by atoms with E-state index in [1.165, 1.54) is 0 Å². The zero-order valence-corrected chi connectivity index (χ0v) is 9.63. The molecule has 0 aliphatic rings. The Morgan fingerprint density at radius 2 is 2.27 bits per heavy atom. The van der Waals surface area contributed by atoms with Gasteiger partial charge < -0.3 is 5.73 Å². The van der Waals surface area contributed by atoms with E-state index >= 15 is 0 Å². The van der Waals surface area contributed by atoms with E-state index in [2.05, 4.69) is 27.0 Å². The number of carbonyl (C=O) groups excluding carboxylic acids is 1. The highest BCUT2D eigenvalue weighted by molar-refractivity contribution is 9.10. The molecule has 1 heterocycles. The fraction of sp³-hybridized carbons (Fsp3) is 0.0909. The van der Waals surface area contributed by atoms with Gasteiger partial charge in [-0.25, -0.2) is 4.98 Å². The molecule has 4 heteroatoms. The molecule has 0 atom stereocenters. The Kier molecular flexibility index (Phi) is 2.44. The number of carbonyl (C=O) groups is 1. The van der Waals surface area contributed by atoms with Crippen LogP contribution in [-0.2, 0) is 0 Å². The number of aryl methyl sites for hydroxylation is 1. The molecule has 0 saturated heterocycles. The van der Waals surface area contributed by atoms with E-state index in [0.29, 0.717) is 5.52 Å². The standard InChI is InChI=1S/C11H8BrN2O/c1-6-2-4-8-7(10(6)12)3-5-9(14-8)11(13)15/h2-3,5H,1H3,(H2,13,15). The Labute approximate surface area is 95.4 Å². The number of fused-ring (bicyclic) bond motifs is 1. The molecule has 1 aromatic heterocycles. The predicted octanol–water partition coefficient (Wildman–Crippen LogP) is 2.20. The lowest BCUT2D eigenvalue weighted by atomic mass is 10.1. The maximum Gasteiger partial charge on any atom is 0.267 e. The van der Waals surface area contributed by atoms with Crippen molar-refractivity contribution in [3.63, 3.8) is 0 Å². The number of amides is 1. The second kappa shape index (κ2) is 3.62. The molecule has 1 amide bonds. The van der Waals surface area contributed by atoms with E-state index < -0.39 is 5.91 Å². The van der Waals surface area contributed by atoms with Crippen LogP contribution in [0.3, 0.4) is 0 Å². The van der Waals surface area contributed by atoms with Crippen molar-refractivity contribution in [3.05, 3.63) is 40.0 Å². The van der Waals surface area contributed by atoms with Crippen LogP contribution in [-0.4, -0.2) is 10.9 Å². The van der Waals surface area contributed by atoms with Crippen molar-refractivity contribution in [2.24, 2.45) is 5.73 Å². The van der Waals surface area contributed by atoms with Gasteiger partial charge in [-0.1, -0.05) is 0 Å². The summed E-state index contributed by atoms with van der Waals surface area (Å²) >= 11 is 3.47. The monoisotopic (exact) mass is 263 g/mol. The summed E-state index contributed by atoms with van der Waals surface area (Å²) in [5.41, 5.74) is 7.13. The largest absolute Gasteiger partial charge is 0.364 e. The number of pyridine rings is 1. The van der Waals surface area contributed by atoms with Gasteiger partial charge in [0, 0.05) is 15.9 Å². The summed E-state index contributed by atoms with van der Waals surface area (Å²) in [5.74, 6) is -0.526. The lowest BCUT2D eigenvalue weighted by Gasteiger charge is -2.03. The Bertz CT molecular complexity index is 552. The Balaban J connectivity index is 2.75. The van der Waals surface area contributed by atoms with E-state index in [0.717, 1.165) is 15.4 Å². The van der Waals surface area contributed by atoms with Gasteiger partial charge in [-0.3, -0.25) is 4.79 Å². The number of nitrogens with two attached hydrogens (primary N) is 1. The molecular formula is C11H8BrN2O. The second-order valence-corrected chi connectivity index (χ2v) is 4.04. The first-order valence-electron chi connectivity index (χ1n) is 4.37. The van der Waals surface area contributed by atoms with Crippen molar-refractivity contribution in [2.45, 2.75) is 6.92 Å². The van der Waals surface area contributed by atoms with Crippen molar-refractivity contribution in [3.8, 4) is 0 Å². The zero-order chi connectivity index (χ0) is 11.0. The molecule has 1 radical (unpaired) electrons. The molecule has 0 aliphatic carbocycles. The zero-order valence-electron chi connectivity index (χ0n) is 8.04. The summed E-state index contributed by atoms with van der Waals surface area (Å²) < 4.78 is 0.972. The van der Waals surface area contributed by atoms with Gasteiger partial charge in [0.05, 0.1) is 5.52 Å². The molecule has 0 saturated carbocycles. The molecule has 0 fully saturated rings. The minimum Gasteiger partial charge on any atom is -0.364 e. The van der Waals surface area contributed by atoms with E-state index in [-0.39, 0.29) is 5.69 Å². The van der Waals surface area contributed by atoms with E-state index in [1.54, 1.807) is 6.07 Å². The topological polar surface area (TPSA) is 56.0 Å². The quantitative estimate of drug-likeness (QED) is 0.858. The van der Waals surface area contributed by atoms with Gasteiger partial charge in [-0.2, -0.15) is 0 Å². The third-order valence-electron chi connectivity index (χ3n) is 2.16. The van der Waals surface area contributed by atoms with Gasteiger partial charge >= 0.3 is 0 Å². The number of nitrogens with zero attached hydrogens (tertiary/aromatic N) is 1. The molecule has 0 unspecified atom stereocenters. The maximum atomic E-state index is 10.9. The first-order chi connectivity index (χ1) is 7.09. The number of halogens is 1. The fourth-order valence-electron chi connectivity index (χ4n) is 1.34. The summed E-state index contributed by atoms with van der Waals surface area (Å²) in [5, 5.41) is 0.931. The highest BCUT2D eigenvalue weighted by Gasteiger charge is 2.06. The van der Waals surface area contributed by atoms with E-state index in [4.69, 9.17) is 5.73 Å². The normalized spacial score (nSPS) is 10.5. The van der Waals surface area contributed by atoms with Crippen molar-refractivity contribution in [1.29, 1.82) is 0 Å². The van der Waals surface area contributed by atoms with Crippen LogP contribution >= 0.6 is 15.9 Å². The van der Waals surface area contributed by atoms with Gasteiger partial charge in [0.25, 0.3) is 5.91 Å². The fourth-order valence-corrected chi connectivity index (χ4v) is 1.77. The van der Waals surface area contributed by atoms with Crippen molar-refractivity contribution in [2.75, 3.05) is 0 Å². The van der Waals surface area contributed by atoms with E-state index in [1.807, 2.05) is 19.1 Å². The minimum atomic E-state index is -0.526. The van der Waals surface area contributed by atoms with Gasteiger partial charge in [0.2, 0.25) is 0 Å². The van der Waals surface area contributed by atoms with Crippen LogP contribution in [0.2, 0.25) is 0 Å². The number of benzene rings is 1. The average Bonchev–Trinajstić information content (AvgIpc) is 2.23. The Morgan fingerprint density at radius 1 is 1.53 bits per heavy atom.